The van der Waals surface area contributed by atoms with Crippen LogP contribution < -0.4 is 8.91 Å². The molecule has 2 fully saturated rings. The van der Waals surface area contributed by atoms with Gasteiger partial charge >= 0.3 is 10.3 Å². The van der Waals surface area contributed by atoms with E-state index in [4.69, 9.17) is 4.18 Å². The zero-order valence-electron chi connectivity index (χ0n) is 17.8. The van der Waals surface area contributed by atoms with Crippen LogP contribution in [-0.4, -0.2) is 20.1 Å². The minimum Gasteiger partial charge on any atom is -0.367 e. The Morgan fingerprint density at radius 3 is 2.73 bits per heavy atom. The van der Waals surface area contributed by atoms with Crippen LogP contribution in [0.3, 0.4) is 0 Å². The van der Waals surface area contributed by atoms with Gasteiger partial charge in [0.25, 0.3) is 0 Å². The first-order valence-electron chi connectivity index (χ1n) is 11.2. The third-order valence-corrected chi connectivity index (χ3v) is 8.59. The van der Waals surface area contributed by atoms with Crippen LogP contribution in [0.4, 0.5) is 0 Å². The van der Waals surface area contributed by atoms with Crippen LogP contribution in [-0.2, 0) is 26.3 Å². The third-order valence-electron chi connectivity index (χ3n) is 7.70. The summed E-state index contributed by atoms with van der Waals surface area (Å²) in [7, 11) is -4.17. The summed E-state index contributed by atoms with van der Waals surface area (Å²) in [6, 6.07) is 5.48. The number of nitrogens with one attached hydrogen (secondary N) is 1. The highest BCUT2D eigenvalue weighted by Crippen LogP contribution is 2.61. The topological polar surface area (TPSA) is 89.5 Å². The normalized spacial score (nSPS) is 30.2. The number of Topliss-reactive ketones (excluding diaryl/α,β-unsaturated/α-hetero) is 1. The molecule has 0 saturated heterocycles. The fraction of sp³-hybridized carbons (Fsp3) is 0.652. The average molecular weight is 434 g/mol. The van der Waals surface area contributed by atoms with Crippen molar-refractivity contribution >= 4 is 22.0 Å². The summed E-state index contributed by atoms with van der Waals surface area (Å²) in [5.41, 5.74) is 2.29. The van der Waals surface area contributed by atoms with E-state index in [-0.39, 0.29) is 17.6 Å². The van der Waals surface area contributed by atoms with Crippen LogP contribution in [0.2, 0.25) is 0 Å². The van der Waals surface area contributed by atoms with Gasteiger partial charge in [0.2, 0.25) is 5.91 Å². The molecular formula is C23H31NO5S. The Morgan fingerprint density at radius 1 is 1.20 bits per heavy atom. The van der Waals surface area contributed by atoms with Gasteiger partial charge in [0.1, 0.15) is 11.5 Å². The minimum absolute atomic E-state index is 0.105. The van der Waals surface area contributed by atoms with Crippen molar-refractivity contribution in [1.29, 1.82) is 0 Å². The van der Waals surface area contributed by atoms with E-state index in [0.717, 1.165) is 50.5 Å². The number of hydrogen-bond donors (Lipinski definition) is 1. The van der Waals surface area contributed by atoms with E-state index in [9.17, 15) is 18.0 Å². The third kappa shape index (κ3) is 3.66. The molecule has 3 aliphatic carbocycles. The summed E-state index contributed by atoms with van der Waals surface area (Å²) in [5, 5.41) is 0. The number of carbonyl (C=O) groups excluding carboxylic acids is 2. The molecule has 0 aliphatic heterocycles. The highest BCUT2D eigenvalue weighted by Gasteiger charge is 2.56. The Kier molecular flexibility index (Phi) is 5.68. The van der Waals surface area contributed by atoms with Gasteiger partial charge in [0.15, 0.2) is 0 Å². The molecule has 1 N–H and O–H groups in total. The Bertz CT molecular complexity index is 956. The molecule has 7 heteroatoms. The first-order chi connectivity index (χ1) is 14.3. The zero-order valence-corrected chi connectivity index (χ0v) is 18.6. The molecule has 1 aromatic rings. The maximum Gasteiger partial charge on any atom is 0.409 e. The number of hydrogen-bond acceptors (Lipinski definition) is 5. The Morgan fingerprint density at radius 2 is 2.00 bits per heavy atom. The van der Waals surface area contributed by atoms with Crippen molar-refractivity contribution < 1.29 is 22.2 Å². The van der Waals surface area contributed by atoms with Crippen LogP contribution in [0.1, 0.15) is 82.3 Å². The van der Waals surface area contributed by atoms with E-state index in [1.807, 2.05) is 10.8 Å². The first kappa shape index (κ1) is 21.3. The largest absolute Gasteiger partial charge is 0.409 e. The number of ketones is 1. The minimum atomic E-state index is -4.17. The number of benzene rings is 1. The molecule has 6 nitrogen and oxygen atoms in total. The number of fused-ring (bicyclic) bond motifs is 5. The highest BCUT2D eigenvalue weighted by molar-refractivity contribution is 7.85. The highest BCUT2D eigenvalue weighted by atomic mass is 32.2. The molecule has 3 aliphatic rings. The van der Waals surface area contributed by atoms with Gasteiger partial charge in [0, 0.05) is 18.3 Å². The molecule has 0 bridgehead atoms. The number of aryl methyl sites for hydroxylation is 1. The number of carbonyl (C=O) groups is 2. The lowest BCUT2D eigenvalue weighted by Gasteiger charge is -2.49. The Balaban J connectivity index is 1.53. The van der Waals surface area contributed by atoms with Gasteiger partial charge < -0.3 is 4.18 Å². The molecule has 30 heavy (non-hydrogen) atoms. The molecule has 4 atom stereocenters. The Labute approximate surface area is 179 Å². The van der Waals surface area contributed by atoms with Crippen molar-refractivity contribution in [3.8, 4) is 5.75 Å². The van der Waals surface area contributed by atoms with Crippen molar-refractivity contribution in [2.45, 2.75) is 77.6 Å². The molecule has 1 amide bonds. The van der Waals surface area contributed by atoms with Gasteiger partial charge in [-0.05, 0) is 86.0 Å². The fourth-order valence-electron chi connectivity index (χ4n) is 6.40. The lowest BCUT2D eigenvalue weighted by Crippen LogP contribution is -2.44. The summed E-state index contributed by atoms with van der Waals surface area (Å²) in [5.74, 6) is 1.58. The van der Waals surface area contributed by atoms with Gasteiger partial charge in [-0.1, -0.05) is 19.9 Å². The number of amides is 1. The maximum absolute atomic E-state index is 12.7. The molecule has 0 heterocycles. The second-order valence-corrected chi connectivity index (χ2v) is 10.4. The average Bonchev–Trinajstić information content (AvgIpc) is 3.04. The standard InChI is InChI=1S/C23H31NO5S/c1-3-5-22(26)24-30(27,28)29-16-7-9-17-15(14-16)6-8-19-18(17)12-13-23(4-2)20(19)10-11-21(23)25/h7,9,14,18-20H,3-6,8,10-13H2,1-2H3,(H,24,26). The van der Waals surface area contributed by atoms with Crippen molar-refractivity contribution in [3.63, 3.8) is 0 Å². The SMILES string of the molecule is CCCC(=O)NS(=O)(=O)Oc1ccc2c(c1)CCC1C2CCC2(CC)C(=O)CCC12. The van der Waals surface area contributed by atoms with Crippen LogP contribution in [0, 0.1) is 17.3 Å². The van der Waals surface area contributed by atoms with Gasteiger partial charge in [-0.15, -0.1) is 0 Å². The monoisotopic (exact) mass is 433 g/mol. The maximum atomic E-state index is 12.7. The second kappa shape index (κ2) is 7.98. The Hall–Kier alpha value is -1.89. The first-order valence-corrected chi connectivity index (χ1v) is 12.6. The summed E-state index contributed by atoms with van der Waals surface area (Å²) in [6.45, 7) is 3.97. The van der Waals surface area contributed by atoms with Crippen LogP contribution in [0.15, 0.2) is 18.2 Å². The van der Waals surface area contributed by atoms with E-state index < -0.39 is 16.2 Å². The zero-order chi connectivity index (χ0) is 21.5. The molecule has 164 valence electrons. The molecule has 4 unspecified atom stereocenters. The van der Waals surface area contributed by atoms with E-state index in [1.165, 1.54) is 5.56 Å². The fourth-order valence-corrected chi connectivity index (χ4v) is 7.18. The predicted octanol–water partition coefficient (Wildman–Crippen LogP) is 4.04. The van der Waals surface area contributed by atoms with Gasteiger partial charge in [-0.25, -0.2) is 4.72 Å². The molecule has 2 saturated carbocycles. The summed E-state index contributed by atoms with van der Waals surface area (Å²) in [4.78, 5) is 24.3. The van der Waals surface area contributed by atoms with Crippen LogP contribution in [0.5, 0.6) is 5.75 Å². The van der Waals surface area contributed by atoms with E-state index in [0.29, 0.717) is 30.0 Å². The van der Waals surface area contributed by atoms with Crippen molar-refractivity contribution in [2.24, 2.45) is 17.3 Å². The van der Waals surface area contributed by atoms with Crippen molar-refractivity contribution in [3.05, 3.63) is 29.3 Å². The van der Waals surface area contributed by atoms with Crippen LogP contribution in [0.25, 0.3) is 0 Å². The molecule has 1 aromatic carbocycles. The molecule has 4 rings (SSSR count). The summed E-state index contributed by atoms with van der Waals surface area (Å²) in [6.07, 6.45) is 7.25. The van der Waals surface area contributed by atoms with E-state index >= 15 is 0 Å². The predicted molar refractivity (Wildman–Crippen MR) is 113 cm³/mol. The summed E-state index contributed by atoms with van der Waals surface area (Å²) < 4.78 is 31.3. The van der Waals surface area contributed by atoms with E-state index in [1.54, 1.807) is 19.1 Å². The second-order valence-electron chi connectivity index (χ2n) is 9.10. The van der Waals surface area contributed by atoms with E-state index in [2.05, 4.69) is 6.92 Å². The van der Waals surface area contributed by atoms with Crippen molar-refractivity contribution in [2.75, 3.05) is 0 Å². The summed E-state index contributed by atoms with van der Waals surface area (Å²) >= 11 is 0. The van der Waals surface area contributed by atoms with Gasteiger partial charge in [0.05, 0.1) is 0 Å². The molecular weight excluding hydrogens is 402 g/mol. The van der Waals surface area contributed by atoms with Gasteiger partial charge in [-0.3, -0.25) is 9.59 Å². The quantitative estimate of drug-likeness (QED) is 0.731. The van der Waals surface area contributed by atoms with Crippen LogP contribution >= 0.6 is 0 Å². The van der Waals surface area contributed by atoms with Crippen molar-refractivity contribution in [1.82, 2.24) is 4.72 Å². The molecule has 0 radical (unpaired) electrons. The smallest absolute Gasteiger partial charge is 0.367 e. The van der Waals surface area contributed by atoms with Gasteiger partial charge in [-0.2, -0.15) is 8.42 Å². The molecule has 0 aromatic heterocycles. The molecule has 0 spiro atoms. The lowest BCUT2D eigenvalue weighted by molar-refractivity contribution is -0.131. The number of rotatable bonds is 6. The lowest BCUT2D eigenvalue weighted by atomic mass is 9.54.